The second-order valence-corrected chi connectivity index (χ2v) is 6.17. The van der Waals surface area contributed by atoms with E-state index in [1.54, 1.807) is 0 Å². The van der Waals surface area contributed by atoms with Crippen LogP contribution in [0.4, 0.5) is 5.13 Å². The number of aromatic nitrogens is 1. The Hall–Kier alpha value is -0.610. The predicted molar refractivity (Wildman–Crippen MR) is 79.5 cm³/mol. The molecule has 18 heavy (non-hydrogen) atoms. The first-order chi connectivity index (χ1) is 8.74. The van der Waals surface area contributed by atoms with Gasteiger partial charge in [0, 0.05) is 30.6 Å². The molecule has 2 rings (SSSR count). The fourth-order valence-corrected chi connectivity index (χ4v) is 3.39. The van der Waals surface area contributed by atoms with E-state index in [0.29, 0.717) is 6.04 Å². The highest BCUT2D eigenvalue weighted by Gasteiger charge is 2.18. The van der Waals surface area contributed by atoms with E-state index in [-0.39, 0.29) is 0 Å². The summed E-state index contributed by atoms with van der Waals surface area (Å²) in [4.78, 5) is 8.69. The molecule has 1 aliphatic rings. The summed E-state index contributed by atoms with van der Waals surface area (Å²) in [5.74, 6) is 0. The molecule has 0 aromatic carbocycles. The van der Waals surface area contributed by atoms with Gasteiger partial charge in [0.2, 0.25) is 0 Å². The minimum atomic E-state index is 0.590. The molecular weight excluding hydrogens is 242 g/mol. The summed E-state index contributed by atoms with van der Waals surface area (Å²) in [7, 11) is 0. The molecule has 1 aromatic heterocycles. The summed E-state index contributed by atoms with van der Waals surface area (Å²) in [6.07, 6.45) is 4.87. The maximum Gasteiger partial charge on any atom is 0.185 e. The second-order valence-electron chi connectivity index (χ2n) is 5.10. The fraction of sp³-hybridized carbons (Fsp3) is 0.786. The van der Waals surface area contributed by atoms with Gasteiger partial charge in [-0.05, 0) is 32.6 Å². The number of hydrogen-bond acceptors (Lipinski definition) is 4. The van der Waals surface area contributed by atoms with E-state index in [1.807, 2.05) is 11.3 Å². The number of nitrogens with zero attached hydrogens (tertiary/aromatic N) is 2. The van der Waals surface area contributed by atoms with Crippen LogP contribution in [-0.2, 0) is 13.0 Å². The third kappa shape index (κ3) is 3.23. The maximum absolute atomic E-state index is 4.82. The highest BCUT2D eigenvalue weighted by Crippen LogP contribution is 2.29. The van der Waals surface area contributed by atoms with Gasteiger partial charge in [-0.25, -0.2) is 4.98 Å². The standard InChI is InChI=1S/C14H25N3S/c1-4-11(3)15-10-13-12(5-2)16-14(18-13)17-8-6-7-9-17/h11,15H,4-10H2,1-3H3. The summed E-state index contributed by atoms with van der Waals surface area (Å²) < 4.78 is 0. The number of nitrogens with one attached hydrogen (secondary N) is 1. The van der Waals surface area contributed by atoms with Crippen LogP contribution in [0.25, 0.3) is 0 Å². The van der Waals surface area contributed by atoms with E-state index in [4.69, 9.17) is 4.98 Å². The van der Waals surface area contributed by atoms with Crippen LogP contribution in [0.15, 0.2) is 0 Å². The zero-order valence-electron chi connectivity index (χ0n) is 11.8. The molecule has 1 saturated heterocycles. The largest absolute Gasteiger partial charge is 0.348 e. The second kappa shape index (κ2) is 6.53. The molecular formula is C14H25N3S. The average molecular weight is 267 g/mol. The van der Waals surface area contributed by atoms with Crippen molar-refractivity contribution in [2.24, 2.45) is 0 Å². The first-order valence-electron chi connectivity index (χ1n) is 7.21. The Kier molecular flexibility index (Phi) is 5.01. The van der Waals surface area contributed by atoms with Crippen LogP contribution < -0.4 is 10.2 Å². The number of hydrogen-bond donors (Lipinski definition) is 1. The van der Waals surface area contributed by atoms with Gasteiger partial charge in [-0.15, -0.1) is 11.3 Å². The van der Waals surface area contributed by atoms with Crippen molar-refractivity contribution < 1.29 is 0 Å². The zero-order valence-corrected chi connectivity index (χ0v) is 12.6. The third-order valence-corrected chi connectivity index (χ3v) is 4.86. The van der Waals surface area contributed by atoms with Gasteiger partial charge in [-0.2, -0.15) is 0 Å². The van der Waals surface area contributed by atoms with Crippen molar-refractivity contribution in [3.8, 4) is 0 Å². The Morgan fingerprint density at radius 2 is 2.06 bits per heavy atom. The molecule has 3 nitrogen and oxygen atoms in total. The number of anilines is 1. The average Bonchev–Trinajstić information content (AvgIpc) is 3.03. The summed E-state index contributed by atoms with van der Waals surface area (Å²) in [6.45, 7) is 10.0. The van der Waals surface area contributed by atoms with Crippen molar-refractivity contribution in [1.82, 2.24) is 10.3 Å². The normalized spacial score (nSPS) is 17.4. The Labute approximate surface area is 115 Å². The van der Waals surface area contributed by atoms with E-state index in [9.17, 15) is 0 Å². The van der Waals surface area contributed by atoms with Gasteiger partial charge in [0.05, 0.1) is 5.69 Å². The van der Waals surface area contributed by atoms with Gasteiger partial charge < -0.3 is 10.2 Å². The lowest BCUT2D eigenvalue weighted by molar-refractivity contribution is 0.535. The topological polar surface area (TPSA) is 28.2 Å². The lowest BCUT2D eigenvalue weighted by atomic mass is 10.2. The highest BCUT2D eigenvalue weighted by atomic mass is 32.1. The molecule has 1 fully saturated rings. The Balaban J connectivity index is 2.03. The molecule has 102 valence electrons. The van der Waals surface area contributed by atoms with Crippen molar-refractivity contribution in [2.75, 3.05) is 18.0 Å². The monoisotopic (exact) mass is 267 g/mol. The molecule has 1 atom stereocenters. The number of aryl methyl sites for hydroxylation is 1. The van der Waals surface area contributed by atoms with Crippen LogP contribution >= 0.6 is 11.3 Å². The Morgan fingerprint density at radius 3 is 2.67 bits per heavy atom. The third-order valence-electron chi connectivity index (χ3n) is 3.70. The molecule has 1 N–H and O–H groups in total. The highest BCUT2D eigenvalue weighted by molar-refractivity contribution is 7.15. The van der Waals surface area contributed by atoms with Crippen LogP contribution in [0.2, 0.25) is 0 Å². The molecule has 1 aromatic rings. The predicted octanol–water partition coefficient (Wildman–Crippen LogP) is 3.19. The van der Waals surface area contributed by atoms with Crippen molar-refractivity contribution >= 4 is 16.5 Å². The molecule has 1 aliphatic heterocycles. The molecule has 0 saturated carbocycles. The van der Waals surface area contributed by atoms with Gasteiger partial charge in [-0.1, -0.05) is 13.8 Å². The molecule has 0 bridgehead atoms. The SMILES string of the molecule is CCc1nc(N2CCCC2)sc1CNC(C)CC. The fourth-order valence-electron chi connectivity index (χ4n) is 2.24. The lowest BCUT2D eigenvalue weighted by Crippen LogP contribution is -2.24. The van der Waals surface area contributed by atoms with Crippen molar-refractivity contribution in [3.63, 3.8) is 0 Å². The molecule has 0 radical (unpaired) electrons. The van der Waals surface area contributed by atoms with Crippen LogP contribution in [0.1, 0.15) is 50.6 Å². The molecule has 2 heterocycles. The van der Waals surface area contributed by atoms with Gasteiger partial charge in [0.15, 0.2) is 5.13 Å². The van der Waals surface area contributed by atoms with Crippen molar-refractivity contribution in [2.45, 2.75) is 59.0 Å². The summed E-state index contributed by atoms with van der Waals surface area (Å²) >= 11 is 1.89. The minimum absolute atomic E-state index is 0.590. The Bertz CT molecular complexity index is 369. The van der Waals surface area contributed by atoms with E-state index in [1.165, 1.54) is 48.1 Å². The number of thiazole rings is 1. The van der Waals surface area contributed by atoms with Crippen LogP contribution in [0, 0.1) is 0 Å². The lowest BCUT2D eigenvalue weighted by Gasteiger charge is -2.12. The van der Waals surface area contributed by atoms with Gasteiger partial charge in [0.25, 0.3) is 0 Å². The number of rotatable bonds is 6. The molecule has 0 aliphatic carbocycles. The van der Waals surface area contributed by atoms with Crippen molar-refractivity contribution in [3.05, 3.63) is 10.6 Å². The minimum Gasteiger partial charge on any atom is -0.348 e. The van der Waals surface area contributed by atoms with Crippen LogP contribution in [-0.4, -0.2) is 24.1 Å². The summed E-state index contributed by atoms with van der Waals surface area (Å²) in [5.41, 5.74) is 1.29. The zero-order chi connectivity index (χ0) is 13.0. The summed E-state index contributed by atoms with van der Waals surface area (Å²) in [6, 6.07) is 0.590. The van der Waals surface area contributed by atoms with E-state index >= 15 is 0 Å². The van der Waals surface area contributed by atoms with Gasteiger partial charge >= 0.3 is 0 Å². The first kappa shape index (κ1) is 13.8. The molecule has 0 amide bonds. The van der Waals surface area contributed by atoms with Gasteiger partial charge in [-0.3, -0.25) is 0 Å². The van der Waals surface area contributed by atoms with E-state index < -0.39 is 0 Å². The van der Waals surface area contributed by atoms with E-state index in [2.05, 4.69) is 31.0 Å². The summed E-state index contributed by atoms with van der Waals surface area (Å²) in [5, 5.41) is 4.82. The smallest absolute Gasteiger partial charge is 0.185 e. The first-order valence-corrected chi connectivity index (χ1v) is 8.03. The molecule has 0 spiro atoms. The molecule has 4 heteroatoms. The van der Waals surface area contributed by atoms with Crippen LogP contribution in [0.3, 0.4) is 0 Å². The Morgan fingerprint density at radius 1 is 1.33 bits per heavy atom. The molecule has 1 unspecified atom stereocenters. The quantitative estimate of drug-likeness (QED) is 0.858. The van der Waals surface area contributed by atoms with Gasteiger partial charge in [0.1, 0.15) is 0 Å². The van der Waals surface area contributed by atoms with Crippen molar-refractivity contribution in [1.29, 1.82) is 0 Å². The maximum atomic E-state index is 4.82. The van der Waals surface area contributed by atoms with E-state index in [0.717, 1.165) is 13.0 Å². The van der Waals surface area contributed by atoms with Crippen LogP contribution in [0.5, 0.6) is 0 Å².